The fourth-order valence-electron chi connectivity index (χ4n) is 4.57. The number of halogens is 1. The molecule has 0 fully saturated rings. The minimum absolute atomic E-state index is 0.161. The maximum absolute atomic E-state index is 13.1. The van der Waals surface area contributed by atoms with Gasteiger partial charge in [0.1, 0.15) is 29.6 Å². The van der Waals surface area contributed by atoms with Crippen LogP contribution in [0.25, 0.3) is 17.0 Å². The minimum atomic E-state index is -0.161. The molecule has 0 atom stereocenters. The fourth-order valence-corrected chi connectivity index (χ4v) is 5.12. The summed E-state index contributed by atoms with van der Waals surface area (Å²) < 4.78 is 31.4. The smallest absolute Gasteiger partial charge is 0.231 e. The number of methoxy groups -OCH3 is 1. The van der Waals surface area contributed by atoms with Gasteiger partial charge in [-0.3, -0.25) is 4.79 Å². The molecule has 2 aliphatic heterocycles. The molecule has 7 nitrogen and oxygen atoms in total. The fraction of sp³-hybridized carbons (Fsp3) is 0.179. The second-order valence-electron chi connectivity index (χ2n) is 8.63. The van der Waals surface area contributed by atoms with Crippen LogP contribution >= 0.6 is 15.9 Å². The van der Waals surface area contributed by atoms with E-state index in [9.17, 15) is 4.79 Å². The van der Waals surface area contributed by atoms with Crippen molar-refractivity contribution in [3.63, 3.8) is 0 Å². The van der Waals surface area contributed by atoms with Crippen molar-refractivity contribution in [1.82, 2.24) is 4.57 Å². The van der Waals surface area contributed by atoms with E-state index in [0.717, 1.165) is 43.6 Å². The lowest BCUT2D eigenvalue weighted by Gasteiger charge is -2.21. The molecular weight excluding hydrogens is 526 g/mol. The molecule has 0 aliphatic carbocycles. The number of carbonyl (C=O) groups excluding carboxylic acids is 1. The van der Waals surface area contributed by atoms with Crippen molar-refractivity contribution in [3.8, 4) is 23.0 Å². The molecule has 0 bridgehead atoms. The number of hydrogen-bond acceptors (Lipinski definition) is 6. The molecule has 1 aromatic heterocycles. The average Bonchev–Trinajstić information content (AvgIpc) is 3.37. The van der Waals surface area contributed by atoms with E-state index < -0.39 is 0 Å². The third-order valence-corrected chi connectivity index (χ3v) is 6.76. The molecule has 0 saturated heterocycles. The summed E-state index contributed by atoms with van der Waals surface area (Å²) in [4.78, 5) is 13.1. The first-order valence-corrected chi connectivity index (χ1v) is 12.2. The molecule has 0 amide bonds. The highest BCUT2D eigenvalue weighted by molar-refractivity contribution is 9.10. The van der Waals surface area contributed by atoms with E-state index in [1.807, 2.05) is 48.1 Å². The third kappa shape index (κ3) is 4.02. The molecular formula is C28H22BrNO6. The van der Waals surface area contributed by atoms with E-state index >= 15 is 0 Å². The number of fused-ring (bicyclic) bond motifs is 3. The Hall–Kier alpha value is -3.75. The molecule has 8 heteroatoms. The highest BCUT2D eigenvalue weighted by atomic mass is 79.9. The topological polar surface area (TPSA) is 68.2 Å². The van der Waals surface area contributed by atoms with Gasteiger partial charge in [0, 0.05) is 51.4 Å². The summed E-state index contributed by atoms with van der Waals surface area (Å²) in [6.07, 6.45) is 3.74. The maximum Gasteiger partial charge on any atom is 0.231 e. The van der Waals surface area contributed by atoms with Crippen molar-refractivity contribution >= 4 is 38.7 Å². The molecule has 2 aliphatic rings. The Morgan fingerprint density at radius 2 is 1.97 bits per heavy atom. The van der Waals surface area contributed by atoms with Gasteiger partial charge in [0.05, 0.1) is 19.3 Å². The number of Topliss-reactive ketones (excluding diaryl/α,β-unsaturated/α-hetero) is 1. The van der Waals surface area contributed by atoms with Crippen LogP contribution in [0.3, 0.4) is 0 Å². The second kappa shape index (κ2) is 9.04. The van der Waals surface area contributed by atoms with Crippen LogP contribution in [-0.4, -0.2) is 24.3 Å². The zero-order chi connectivity index (χ0) is 24.8. The van der Waals surface area contributed by atoms with Gasteiger partial charge in [0.2, 0.25) is 5.78 Å². The van der Waals surface area contributed by atoms with Crippen LogP contribution in [0, 0.1) is 0 Å². The first-order chi connectivity index (χ1) is 17.5. The summed E-state index contributed by atoms with van der Waals surface area (Å²) in [5.74, 6) is 2.72. The van der Waals surface area contributed by atoms with Gasteiger partial charge in [-0.2, -0.15) is 0 Å². The Morgan fingerprint density at radius 3 is 2.83 bits per heavy atom. The van der Waals surface area contributed by atoms with E-state index in [0.29, 0.717) is 30.3 Å². The van der Waals surface area contributed by atoms with E-state index in [-0.39, 0.29) is 18.3 Å². The Balaban J connectivity index is 1.25. The Bertz CT molecular complexity index is 1550. The second-order valence-corrected chi connectivity index (χ2v) is 9.54. The zero-order valence-electron chi connectivity index (χ0n) is 19.7. The van der Waals surface area contributed by atoms with Crippen molar-refractivity contribution in [2.45, 2.75) is 13.2 Å². The molecule has 36 heavy (non-hydrogen) atoms. The van der Waals surface area contributed by atoms with Gasteiger partial charge in [-0.15, -0.1) is 0 Å². The lowest BCUT2D eigenvalue weighted by Crippen LogP contribution is -2.14. The van der Waals surface area contributed by atoms with Crippen molar-refractivity contribution in [2.24, 2.45) is 7.05 Å². The van der Waals surface area contributed by atoms with Gasteiger partial charge < -0.3 is 28.3 Å². The van der Waals surface area contributed by atoms with E-state index in [1.54, 1.807) is 31.4 Å². The molecule has 182 valence electrons. The van der Waals surface area contributed by atoms with Gasteiger partial charge in [-0.25, -0.2) is 0 Å². The summed E-state index contributed by atoms with van der Waals surface area (Å²) >= 11 is 3.53. The number of ketones is 1. The van der Waals surface area contributed by atoms with E-state index in [2.05, 4.69) is 15.9 Å². The lowest BCUT2D eigenvalue weighted by molar-refractivity contribution is -0.0176. The first-order valence-electron chi connectivity index (χ1n) is 11.4. The van der Waals surface area contributed by atoms with Crippen LogP contribution in [0.1, 0.15) is 27.0 Å². The Kier molecular flexibility index (Phi) is 5.70. The number of nitrogens with zero attached hydrogens (tertiary/aromatic N) is 1. The van der Waals surface area contributed by atoms with Crippen LogP contribution in [0.4, 0.5) is 0 Å². The molecule has 0 unspecified atom stereocenters. The third-order valence-electron chi connectivity index (χ3n) is 6.30. The predicted octanol–water partition coefficient (Wildman–Crippen LogP) is 6.01. The standard InChI is InChI=1S/C28H22BrNO6/c1-30-12-16(23-10-20(32-2)4-6-24(23)30)9-26-27(31)22-5-3-21(11-25(22)36-26)34-14-18-8-19(29)7-17-13-33-15-35-28(17)18/h3-12H,13-15H2,1-2H3/b26-9-. The average molecular weight is 548 g/mol. The number of carbonyl (C=O) groups is 1. The van der Waals surface area contributed by atoms with Crippen LogP contribution in [-0.2, 0) is 25.0 Å². The highest BCUT2D eigenvalue weighted by Crippen LogP contribution is 2.37. The normalized spacial score (nSPS) is 15.4. The zero-order valence-corrected chi connectivity index (χ0v) is 21.3. The Labute approximate surface area is 215 Å². The number of allylic oxidation sites excluding steroid dienone is 1. The molecule has 3 heterocycles. The van der Waals surface area contributed by atoms with Crippen molar-refractivity contribution in [2.75, 3.05) is 13.9 Å². The number of hydrogen-bond donors (Lipinski definition) is 0. The number of benzene rings is 3. The number of aromatic nitrogens is 1. The van der Waals surface area contributed by atoms with Gasteiger partial charge >= 0.3 is 0 Å². The molecule has 4 aromatic rings. The SMILES string of the molecule is COc1ccc2c(c1)c(/C=C1\Oc3cc(OCc4cc(Br)cc5c4OCOC5)ccc3C1=O)cn2C. The number of aryl methyl sites for hydroxylation is 1. The number of ether oxygens (including phenoxy) is 5. The van der Waals surface area contributed by atoms with Gasteiger partial charge in [0.25, 0.3) is 0 Å². The summed E-state index contributed by atoms with van der Waals surface area (Å²) in [6, 6.07) is 15.1. The summed E-state index contributed by atoms with van der Waals surface area (Å²) in [5, 5.41) is 0.978. The minimum Gasteiger partial charge on any atom is -0.497 e. The monoisotopic (exact) mass is 547 g/mol. The molecule has 0 saturated carbocycles. The largest absolute Gasteiger partial charge is 0.497 e. The van der Waals surface area contributed by atoms with E-state index in [1.165, 1.54) is 0 Å². The van der Waals surface area contributed by atoms with Crippen LogP contribution in [0.2, 0.25) is 0 Å². The van der Waals surface area contributed by atoms with Crippen LogP contribution in [0.15, 0.2) is 65.0 Å². The quantitative estimate of drug-likeness (QED) is 0.285. The summed E-state index contributed by atoms with van der Waals surface area (Å²) in [6.45, 7) is 1.01. The predicted molar refractivity (Wildman–Crippen MR) is 138 cm³/mol. The first kappa shape index (κ1) is 22.7. The molecule has 3 aromatic carbocycles. The summed E-state index contributed by atoms with van der Waals surface area (Å²) in [5.41, 5.74) is 4.30. The van der Waals surface area contributed by atoms with E-state index in [4.69, 9.17) is 23.7 Å². The highest BCUT2D eigenvalue weighted by Gasteiger charge is 2.28. The van der Waals surface area contributed by atoms with Gasteiger partial charge in [-0.05, 0) is 48.5 Å². The molecule has 0 N–H and O–H groups in total. The van der Waals surface area contributed by atoms with Gasteiger partial charge in [-0.1, -0.05) is 15.9 Å². The Morgan fingerprint density at radius 1 is 1.11 bits per heavy atom. The van der Waals surface area contributed by atoms with Crippen LogP contribution in [0.5, 0.6) is 23.0 Å². The van der Waals surface area contributed by atoms with Crippen molar-refractivity contribution < 1.29 is 28.5 Å². The molecule has 0 spiro atoms. The summed E-state index contributed by atoms with van der Waals surface area (Å²) in [7, 11) is 3.60. The van der Waals surface area contributed by atoms with Crippen molar-refractivity contribution in [3.05, 3.63) is 87.2 Å². The molecule has 0 radical (unpaired) electrons. The van der Waals surface area contributed by atoms with Crippen molar-refractivity contribution in [1.29, 1.82) is 0 Å². The maximum atomic E-state index is 13.1. The molecule has 6 rings (SSSR count). The van der Waals surface area contributed by atoms with Gasteiger partial charge in [0.15, 0.2) is 12.6 Å². The van der Waals surface area contributed by atoms with Crippen LogP contribution < -0.4 is 18.9 Å². The lowest BCUT2D eigenvalue weighted by atomic mass is 10.1. The number of rotatable bonds is 5.